The summed E-state index contributed by atoms with van der Waals surface area (Å²) >= 11 is 0. The number of aryl methyl sites for hydroxylation is 1. The lowest BCUT2D eigenvalue weighted by molar-refractivity contribution is 0.0516. The number of hydrogen-bond acceptors (Lipinski definition) is 2. The van der Waals surface area contributed by atoms with E-state index in [2.05, 4.69) is 0 Å². The van der Waals surface area contributed by atoms with Crippen molar-refractivity contribution in [3.63, 3.8) is 0 Å². The lowest BCUT2D eigenvalue weighted by Gasteiger charge is -2.43. The minimum absolute atomic E-state index is 0.777. The first-order chi connectivity index (χ1) is 10.8. The largest absolute Gasteiger partial charge is 0.381 e. The molecule has 0 amide bonds. The second kappa shape index (κ2) is 4.44. The van der Waals surface area contributed by atoms with Gasteiger partial charge in [-0.3, -0.25) is 0 Å². The second-order valence-corrected chi connectivity index (χ2v) is 6.85. The highest BCUT2D eigenvalue weighted by Crippen LogP contribution is 2.50. The van der Waals surface area contributed by atoms with E-state index in [0.717, 1.165) is 38.6 Å². The normalized spacial score (nSPS) is 26.0. The first-order valence-corrected chi connectivity index (χ1v) is 7.93. The van der Waals surface area contributed by atoms with E-state index in [-0.39, 0.29) is 0 Å². The fraction of sp³-hybridized carbons (Fsp3) is 0.238. The molecule has 0 radical (unpaired) electrons. The number of benzene rings is 3. The fourth-order valence-electron chi connectivity index (χ4n) is 4.19. The Morgan fingerprint density at radius 1 is 0.696 bits per heavy atom. The molecular weight excluding hydrogens is 284 g/mol. The summed E-state index contributed by atoms with van der Waals surface area (Å²) in [6.45, 7) is 5.63. The zero-order chi connectivity index (χ0) is 16.4. The average molecular weight is 304 g/mol. The molecule has 0 saturated heterocycles. The molecule has 0 bridgehead atoms. The van der Waals surface area contributed by atoms with Crippen LogP contribution in [0.25, 0.3) is 10.8 Å². The van der Waals surface area contributed by atoms with Crippen LogP contribution in [0.3, 0.4) is 0 Å². The van der Waals surface area contributed by atoms with Crippen LogP contribution in [0.2, 0.25) is 0 Å². The van der Waals surface area contributed by atoms with Gasteiger partial charge in [-0.15, -0.1) is 0 Å². The van der Waals surface area contributed by atoms with E-state index in [9.17, 15) is 10.2 Å². The van der Waals surface area contributed by atoms with Crippen LogP contribution in [0.1, 0.15) is 41.7 Å². The highest BCUT2D eigenvalue weighted by Gasteiger charge is 2.46. The van der Waals surface area contributed by atoms with Crippen molar-refractivity contribution in [2.45, 2.75) is 32.0 Å². The number of rotatable bonds is 0. The van der Waals surface area contributed by atoms with Gasteiger partial charge in [0.2, 0.25) is 0 Å². The highest BCUT2D eigenvalue weighted by molar-refractivity contribution is 5.89. The maximum absolute atomic E-state index is 11.5. The summed E-state index contributed by atoms with van der Waals surface area (Å²) in [6.07, 6.45) is 0. The highest BCUT2D eigenvalue weighted by atomic mass is 16.3. The van der Waals surface area contributed by atoms with Crippen molar-refractivity contribution in [3.05, 3.63) is 82.4 Å². The Bertz CT molecular complexity index is 936. The minimum Gasteiger partial charge on any atom is -0.381 e. The van der Waals surface area contributed by atoms with Gasteiger partial charge in [0.25, 0.3) is 0 Å². The van der Waals surface area contributed by atoms with Crippen molar-refractivity contribution < 1.29 is 10.2 Å². The summed E-state index contributed by atoms with van der Waals surface area (Å²) in [5.74, 6) is 0. The standard InChI is InChI=1S/C21H20O2/c1-13-7-6-10-16-18(13)21(3,23)19-15-9-5-4-8-14(15)11-12-17(19)20(16,2)22/h4-12,22-23H,1-3H3. The van der Waals surface area contributed by atoms with E-state index in [4.69, 9.17) is 0 Å². The Labute approximate surface area is 136 Å². The maximum atomic E-state index is 11.5. The number of fused-ring (bicyclic) bond motifs is 4. The molecule has 2 heteroatoms. The molecule has 2 atom stereocenters. The first kappa shape index (κ1) is 14.4. The van der Waals surface area contributed by atoms with E-state index in [1.807, 2.05) is 75.4 Å². The lowest BCUT2D eigenvalue weighted by atomic mass is 9.66. The summed E-state index contributed by atoms with van der Waals surface area (Å²) in [5, 5.41) is 24.8. The third-order valence-electron chi connectivity index (χ3n) is 5.22. The van der Waals surface area contributed by atoms with Gasteiger partial charge in [-0.05, 0) is 53.8 Å². The van der Waals surface area contributed by atoms with Gasteiger partial charge in [-0.1, -0.05) is 54.6 Å². The Kier molecular flexibility index (Phi) is 2.78. The van der Waals surface area contributed by atoms with E-state index in [1.54, 1.807) is 0 Å². The fourth-order valence-corrected chi connectivity index (χ4v) is 4.19. The monoisotopic (exact) mass is 304 g/mol. The molecule has 0 spiro atoms. The van der Waals surface area contributed by atoms with Crippen molar-refractivity contribution in [3.8, 4) is 0 Å². The van der Waals surface area contributed by atoms with Gasteiger partial charge >= 0.3 is 0 Å². The molecule has 116 valence electrons. The molecular formula is C21H20O2. The van der Waals surface area contributed by atoms with E-state index in [0.29, 0.717) is 0 Å². The molecule has 0 saturated carbocycles. The molecule has 0 aliphatic heterocycles. The quantitative estimate of drug-likeness (QED) is 0.659. The van der Waals surface area contributed by atoms with Crippen LogP contribution in [0, 0.1) is 6.92 Å². The second-order valence-electron chi connectivity index (χ2n) is 6.85. The van der Waals surface area contributed by atoms with Crippen molar-refractivity contribution >= 4 is 10.8 Å². The topological polar surface area (TPSA) is 40.5 Å². The smallest absolute Gasteiger partial charge is 0.113 e. The molecule has 23 heavy (non-hydrogen) atoms. The van der Waals surface area contributed by atoms with Gasteiger partial charge < -0.3 is 10.2 Å². The summed E-state index contributed by atoms with van der Waals surface area (Å²) in [6, 6.07) is 17.8. The molecule has 2 unspecified atom stereocenters. The molecule has 4 rings (SSSR count). The molecule has 1 aliphatic carbocycles. The number of hydrogen-bond donors (Lipinski definition) is 2. The zero-order valence-corrected chi connectivity index (χ0v) is 13.6. The van der Waals surface area contributed by atoms with Gasteiger partial charge in [0.15, 0.2) is 0 Å². The summed E-state index contributed by atoms with van der Waals surface area (Å²) < 4.78 is 0. The van der Waals surface area contributed by atoms with Crippen molar-refractivity contribution in [1.29, 1.82) is 0 Å². The third kappa shape index (κ3) is 1.76. The van der Waals surface area contributed by atoms with Crippen LogP contribution >= 0.6 is 0 Å². The predicted molar refractivity (Wildman–Crippen MR) is 92.5 cm³/mol. The molecule has 2 nitrogen and oxygen atoms in total. The summed E-state index contributed by atoms with van der Waals surface area (Å²) in [4.78, 5) is 0. The van der Waals surface area contributed by atoms with Crippen LogP contribution in [0.5, 0.6) is 0 Å². The summed E-state index contributed by atoms with van der Waals surface area (Å²) in [7, 11) is 0. The molecule has 0 aromatic heterocycles. The van der Waals surface area contributed by atoms with Crippen LogP contribution < -0.4 is 0 Å². The average Bonchev–Trinajstić information content (AvgIpc) is 2.52. The molecule has 2 N–H and O–H groups in total. The maximum Gasteiger partial charge on any atom is 0.113 e. The molecule has 0 heterocycles. The molecule has 3 aromatic rings. The Hall–Kier alpha value is -2.16. The predicted octanol–water partition coefficient (Wildman–Crippen LogP) is 3.97. The van der Waals surface area contributed by atoms with Crippen LogP contribution in [0.4, 0.5) is 0 Å². The van der Waals surface area contributed by atoms with Crippen molar-refractivity contribution in [2.24, 2.45) is 0 Å². The molecule has 3 aromatic carbocycles. The Morgan fingerprint density at radius 2 is 1.39 bits per heavy atom. The van der Waals surface area contributed by atoms with E-state index in [1.165, 1.54) is 0 Å². The van der Waals surface area contributed by atoms with Gasteiger partial charge in [0.05, 0.1) is 0 Å². The molecule has 1 aliphatic rings. The van der Waals surface area contributed by atoms with E-state index < -0.39 is 11.2 Å². The van der Waals surface area contributed by atoms with Crippen LogP contribution in [-0.4, -0.2) is 10.2 Å². The Morgan fingerprint density at radius 3 is 2.17 bits per heavy atom. The van der Waals surface area contributed by atoms with Crippen molar-refractivity contribution in [2.75, 3.05) is 0 Å². The van der Waals surface area contributed by atoms with Gasteiger partial charge in [0.1, 0.15) is 11.2 Å². The SMILES string of the molecule is Cc1cccc2c1C(C)(O)c1c(ccc3ccccc13)C2(C)O. The third-order valence-corrected chi connectivity index (χ3v) is 5.22. The summed E-state index contributed by atoms with van der Waals surface area (Å²) in [5.41, 5.74) is 1.91. The minimum atomic E-state index is -1.14. The van der Waals surface area contributed by atoms with Crippen molar-refractivity contribution in [1.82, 2.24) is 0 Å². The lowest BCUT2D eigenvalue weighted by Crippen LogP contribution is -2.40. The molecule has 0 fully saturated rings. The number of aliphatic hydroxyl groups is 2. The van der Waals surface area contributed by atoms with Crippen LogP contribution in [-0.2, 0) is 11.2 Å². The Balaban J connectivity index is 2.21. The first-order valence-electron chi connectivity index (χ1n) is 7.93. The van der Waals surface area contributed by atoms with Gasteiger partial charge in [-0.2, -0.15) is 0 Å². The zero-order valence-electron chi connectivity index (χ0n) is 13.6. The van der Waals surface area contributed by atoms with Gasteiger partial charge in [-0.25, -0.2) is 0 Å². The van der Waals surface area contributed by atoms with Gasteiger partial charge in [0, 0.05) is 5.56 Å². The van der Waals surface area contributed by atoms with E-state index >= 15 is 0 Å². The van der Waals surface area contributed by atoms with Crippen LogP contribution in [0.15, 0.2) is 54.6 Å².